The normalized spacial score (nSPS) is 14.5. The lowest BCUT2D eigenvalue weighted by Crippen LogP contribution is -2.38. The zero-order chi connectivity index (χ0) is 19.3. The van der Waals surface area contributed by atoms with Gasteiger partial charge in [-0.3, -0.25) is 4.68 Å². The van der Waals surface area contributed by atoms with E-state index in [0.717, 1.165) is 24.0 Å². The number of carbonyl (C=O) groups excluding carboxylic acids is 1. The predicted octanol–water partition coefficient (Wildman–Crippen LogP) is 4.54. The van der Waals surface area contributed by atoms with Crippen molar-refractivity contribution in [3.05, 3.63) is 88.7 Å². The SMILES string of the molecule is O=C(NCc1cnn(Cc2ccccc2)c1)NC(c1ccc(Cl)cc1)C1CC1. The Morgan fingerprint density at radius 3 is 2.57 bits per heavy atom. The van der Waals surface area contributed by atoms with Crippen LogP contribution < -0.4 is 10.6 Å². The number of hydrogen-bond acceptors (Lipinski definition) is 2. The summed E-state index contributed by atoms with van der Waals surface area (Å²) in [7, 11) is 0. The van der Waals surface area contributed by atoms with E-state index in [-0.39, 0.29) is 12.1 Å². The van der Waals surface area contributed by atoms with E-state index in [0.29, 0.717) is 24.0 Å². The van der Waals surface area contributed by atoms with Crippen LogP contribution in [0, 0.1) is 5.92 Å². The van der Waals surface area contributed by atoms with Crippen LogP contribution >= 0.6 is 11.6 Å². The van der Waals surface area contributed by atoms with E-state index in [1.165, 1.54) is 5.56 Å². The van der Waals surface area contributed by atoms with Crippen molar-refractivity contribution in [1.29, 1.82) is 0 Å². The maximum Gasteiger partial charge on any atom is 0.315 e. The maximum atomic E-state index is 12.4. The maximum absolute atomic E-state index is 12.4. The monoisotopic (exact) mass is 394 g/mol. The van der Waals surface area contributed by atoms with Crippen LogP contribution in [-0.4, -0.2) is 15.8 Å². The van der Waals surface area contributed by atoms with Crippen molar-refractivity contribution in [2.24, 2.45) is 5.92 Å². The quantitative estimate of drug-likeness (QED) is 0.618. The largest absolute Gasteiger partial charge is 0.334 e. The first-order valence-electron chi connectivity index (χ1n) is 9.52. The molecule has 0 radical (unpaired) electrons. The zero-order valence-corrected chi connectivity index (χ0v) is 16.3. The van der Waals surface area contributed by atoms with Crippen LogP contribution in [0.3, 0.4) is 0 Å². The fraction of sp³-hybridized carbons (Fsp3) is 0.273. The second-order valence-electron chi connectivity index (χ2n) is 7.23. The van der Waals surface area contributed by atoms with Gasteiger partial charge in [-0.15, -0.1) is 0 Å². The van der Waals surface area contributed by atoms with Crippen molar-refractivity contribution >= 4 is 17.6 Å². The third-order valence-electron chi connectivity index (χ3n) is 4.94. The van der Waals surface area contributed by atoms with Gasteiger partial charge in [0, 0.05) is 23.3 Å². The minimum atomic E-state index is -0.164. The van der Waals surface area contributed by atoms with E-state index in [1.807, 2.05) is 53.3 Å². The van der Waals surface area contributed by atoms with Crippen molar-refractivity contribution in [1.82, 2.24) is 20.4 Å². The van der Waals surface area contributed by atoms with Crippen LogP contribution in [0.2, 0.25) is 5.02 Å². The van der Waals surface area contributed by atoms with E-state index in [4.69, 9.17) is 11.6 Å². The molecule has 3 aromatic rings. The number of hydrogen-bond donors (Lipinski definition) is 2. The van der Waals surface area contributed by atoms with E-state index in [9.17, 15) is 4.79 Å². The summed E-state index contributed by atoms with van der Waals surface area (Å²) in [6, 6.07) is 17.7. The molecule has 0 aliphatic heterocycles. The summed E-state index contributed by atoms with van der Waals surface area (Å²) < 4.78 is 1.88. The molecule has 1 heterocycles. The Kier molecular flexibility index (Phi) is 5.63. The first-order chi connectivity index (χ1) is 13.7. The van der Waals surface area contributed by atoms with E-state index in [1.54, 1.807) is 6.20 Å². The first kappa shape index (κ1) is 18.6. The van der Waals surface area contributed by atoms with E-state index < -0.39 is 0 Å². The molecule has 1 fully saturated rings. The van der Waals surface area contributed by atoms with Gasteiger partial charge in [-0.05, 0) is 42.0 Å². The molecule has 1 aliphatic rings. The molecule has 1 atom stereocenters. The molecule has 0 spiro atoms. The highest BCUT2D eigenvalue weighted by Crippen LogP contribution is 2.41. The molecule has 1 aromatic heterocycles. The Hall–Kier alpha value is -2.79. The number of benzene rings is 2. The van der Waals surface area contributed by atoms with Gasteiger partial charge in [-0.2, -0.15) is 5.10 Å². The summed E-state index contributed by atoms with van der Waals surface area (Å²) in [6.07, 6.45) is 6.03. The third-order valence-corrected chi connectivity index (χ3v) is 5.19. The number of carbonyl (C=O) groups is 1. The summed E-state index contributed by atoms with van der Waals surface area (Å²) in [6.45, 7) is 1.16. The summed E-state index contributed by atoms with van der Waals surface area (Å²) in [5.74, 6) is 0.501. The fourth-order valence-electron chi connectivity index (χ4n) is 3.30. The van der Waals surface area contributed by atoms with Crippen LogP contribution in [-0.2, 0) is 13.1 Å². The van der Waals surface area contributed by atoms with Crippen LogP contribution in [0.1, 0.15) is 35.6 Å². The van der Waals surface area contributed by atoms with Gasteiger partial charge < -0.3 is 10.6 Å². The standard InChI is InChI=1S/C22H23ClN4O/c23-20-10-8-19(9-11-20)21(18-6-7-18)26-22(28)24-12-17-13-25-27(15-17)14-16-4-2-1-3-5-16/h1-5,8-11,13,15,18,21H,6-7,12,14H2,(H2,24,26,28). The Balaban J connectivity index is 1.31. The number of nitrogens with zero attached hydrogens (tertiary/aromatic N) is 2. The molecule has 2 N–H and O–H groups in total. The van der Waals surface area contributed by atoms with Gasteiger partial charge in [-0.25, -0.2) is 4.79 Å². The van der Waals surface area contributed by atoms with Crippen molar-refractivity contribution in [3.8, 4) is 0 Å². The average Bonchev–Trinajstić information content (AvgIpc) is 3.46. The lowest BCUT2D eigenvalue weighted by molar-refractivity contribution is 0.235. The van der Waals surface area contributed by atoms with Gasteiger partial charge in [0.2, 0.25) is 0 Å². The second-order valence-corrected chi connectivity index (χ2v) is 7.66. The second kappa shape index (κ2) is 8.48. The van der Waals surface area contributed by atoms with Gasteiger partial charge in [-0.1, -0.05) is 54.1 Å². The molecule has 144 valence electrons. The molecule has 0 bridgehead atoms. The topological polar surface area (TPSA) is 59.0 Å². The molecular weight excluding hydrogens is 372 g/mol. The van der Waals surface area contributed by atoms with E-state index >= 15 is 0 Å². The van der Waals surface area contributed by atoms with Crippen molar-refractivity contribution in [3.63, 3.8) is 0 Å². The summed E-state index contributed by atoms with van der Waals surface area (Å²) in [5.41, 5.74) is 3.26. The van der Waals surface area contributed by atoms with Crippen molar-refractivity contribution < 1.29 is 4.79 Å². The third kappa shape index (κ3) is 4.93. The Morgan fingerprint density at radius 1 is 1.11 bits per heavy atom. The highest BCUT2D eigenvalue weighted by atomic mass is 35.5. The zero-order valence-electron chi connectivity index (χ0n) is 15.5. The Labute approximate surface area is 169 Å². The Bertz CT molecular complexity index is 919. The molecule has 0 saturated heterocycles. The molecule has 6 heteroatoms. The molecule has 1 saturated carbocycles. The number of aromatic nitrogens is 2. The van der Waals surface area contributed by atoms with Gasteiger partial charge >= 0.3 is 6.03 Å². The van der Waals surface area contributed by atoms with Gasteiger partial charge in [0.25, 0.3) is 0 Å². The van der Waals surface area contributed by atoms with Gasteiger partial charge in [0.05, 0.1) is 18.8 Å². The van der Waals surface area contributed by atoms with Gasteiger partial charge in [0.15, 0.2) is 0 Å². The highest BCUT2D eigenvalue weighted by molar-refractivity contribution is 6.30. The predicted molar refractivity (Wildman–Crippen MR) is 110 cm³/mol. The van der Waals surface area contributed by atoms with Crippen LogP contribution in [0.15, 0.2) is 67.0 Å². The molecule has 5 nitrogen and oxygen atoms in total. The van der Waals surface area contributed by atoms with E-state index in [2.05, 4.69) is 27.9 Å². The number of rotatable bonds is 7. The Morgan fingerprint density at radius 2 is 1.86 bits per heavy atom. The number of nitrogens with one attached hydrogen (secondary N) is 2. The minimum Gasteiger partial charge on any atom is -0.334 e. The molecule has 28 heavy (non-hydrogen) atoms. The molecule has 1 unspecified atom stereocenters. The van der Waals surface area contributed by atoms with Crippen LogP contribution in [0.25, 0.3) is 0 Å². The van der Waals surface area contributed by atoms with Crippen LogP contribution in [0.4, 0.5) is 4.79 Å². The number of urea groups is 1. The first-order valence-corrected chi connectivity index (χ1v) is 9.90. The fourth-order valence-corrected chi connectivity index (χ4v) is 3.43. The summed E-state index contributed by atoms with van der Waals surface area (Å²) >= 11 is 5.98. The molecule has 1 aliphatic carbocycles. The minimum absolute atomic E-state index is 0.0260. The van der Waals surface area contributed by atoms with Gasteiger partial charge in [0.1, 0.15) is 0 Å². The molecule has 2 amide bonds. The molecule has 4 rings (SSSR count). The lowest BCUT2D eigenvalue weighted by atomic mass is 10.0. The summed E-state index contributed by atoms with van der Waals surface area (Å²) in [5, 5.41) is 11.1. The van der Waals surface area contributed by atoms with Crippen LogP contribution in [0.5, 0.6) is 0 Å². The highest BCUT2D eigenvalue weighted by Gasteiger charge is 2.33. The average molecular weight is 395 g/mol. The molecular formula is C22H23ClN4O. The number of halogens is 1. The molecule has 2 aromatic carbocycles. The summed E-state index contributed by atoms with van der Waals surface area (Å²) in [4.78, 5) is 12.4. The smallest absolute Gasteiger partial charge is 0.315 e. The lowest BCUT2D eigenvalue weighted by Gasteiger charge is -2.19. The number of amides is 2. The van der Waals surface area contributed by atoms with Crippen molar-refractivity contribution in [2.45, 2.75) is 32.0 Å². The van der Waals surface area contributed by atoms with Crippen molar-refractivity contribution in [2.75, 3.05) is 0 Å².